The SMILES string of the molecule is CCCCOc1cccc([B-](F)(F)F)c1.[K+]. The second-order valence-electron chi connectivity index (χ2n) is 3.35. The third-order valence-corrected chi connectivity index (χ3v) is 2.00. The predicted molar refractivity (Wildman–Crippen MR) is 55.6 cm³/mol. The van der Waals surface area contributed by atoms with Crippen molar-refractivity contribution in [2.24, 2.45) is 0 Å². The summed E-state index contributed by atoms with van der Waals surface area (Å²) in [6.45, 7) is -2.47. The van der Waals surface area contributed by atoms with Crippen LogP contribution in [0.1, 0.15) is 19.8 Å². The minimum absolute atomic E-state index is 0. The van der Waals surface area contributed by atoms with Gasteiger partial charge in [-0.3, -0.25) is 0 Å². The molecular formula is C10H13BF3KO. The molecule has 0 N–H and O–H groups in total. The van der Waals surface area contributed by atoms with Crippen LogP contribution >= 0.6 is 0 Å². The fourth-order valence-corrected chi connectivity index (χ4v) is 1.14. The number of unbranched alkanes of at least 4 members (excludes halogenated alkanes) is 1. The maximum atomic E-state index is 12.4. The first-order chi connectivity index (χ1) is 7.04. The van der Waals surface area contributed by atoms with Crippen LogP contribution in [0.15, 0.2) is 24.3 Å². The quantitative estimate of drug-likeness (QED) is 0.529. The summed E-state index contributed by atoms with van der Waals surface area (Å²) in [6.07, 6.45) is 1.81. The van der Waals surface area contributed by atoms with Gasteiger partial charge in [0.15, 0.2) is 0 Å². The van der Waals surface area contributed by atoms with Crippen LogP contribution in [0, 0.1) is 0 Å². The second kappa shape index (κ2) is 7.76. The molecule has 0 aliphatic carbocycles. The van der Waals surface area contributed by atoms with Gasteiger partial charge >= 0.3 is 58.4 Å². The van der Waals surface area contributed by atoms with E-state index in [2.05, 4.69) is 0 Å². The van der Waals surface area contributed by atoms with Crippen molar-refractivity contribution in [1.82, 2.24) is 0 Å². The first kappa shape index (κ1) is 16.5. The molecule has 1 rings (SSSR count). The van der Waals surface area contributed by atoms with Crippen molar-refractivity contribution in [3.05, 3.63) is 24.3 Å². The van der Waals surface area contributed by atoms with Crippen LogP contribution in [0.3, 0.4) is 0 Å². The molecule has 0 radical (unpaired) electrons. The largest absolute Gasteiger partial charge is 1.00 e. The maximum absolute atomic E-state index is 12.4. The zero-order valence-electron chi connectivity index (χ0n) is 9.55. The number of hydrogen-bond acceptors (Lipinski definition) is 1. The molecule has 1 aromatic carbocycles. The summed E-state index contributed by atoms with van der Waals surface area (Å²) < 4.78 is 42.3. The van der Waals surface area contributed by atoms with E-state index in [4.69, 9.17) is 4.74 Å². The van der Waals surface area contributed by atoms with Gasteiger partial charge in [0.1, 0.15) is 5.75 Å². The van der Waals surface area contributed by atoms with Crippen molar-refractivity contribution >= 4 is 12.4 Å². The Labute approximate surface area is 136 Å². The van der Waals surface area contributed by atoms with Crippen LogP contribution in [-0.2, 0) is 0 Å². The van der Waals surface area contributed by atoms with Gasteiger partial charge in [0, 0.05) is 0 Å². The summed E-state index contributed by atoms with van der Waals surface area (Å²) >= 11 is 0. The summed E-state index contributed by atoms with van der Waals surface area (Å²) in [5, 5.41) is 0. The molecule has 1 nitrogen and oxygen atoms in total. The van der Waals surface area contributed by atoms with E-state index >= 15 is 0 Å². The number of benzene rings is 1. The summed E-state index contributed by atoms with van der Waals surface area (Å²) in [4.78, 5) is 0. The van der Waals surface area contributed by atoms with Gasteiger partial charge < -0.3 is 17.7 Å². The molecule has 0 heterocycles. The zero-order valence-corrected chi connectivity index (χ0v) is 12.7. The average molecular weight is 256 g/mol. The Kier molecular flexibility index (Phi) is 8.01. The molecule has 84 valence electrons. The smallest absolute Gasteiger partial charge is 0.494 e. The summed E-state index contributed by atoms with van der Waals surface area (Å²) in [5.41, 5.74) is -0.607. The van der Waals surface area contributed by atoms with Crippen LogP contribution in [0.4, 0.5) is 12.9 Å². The van der Waals surface area contributed by atoms with Crippen LogP contribution in [0.5, 0.6) is 5.75 Å². The van der Waals surface area contributed by atoms with E-state index in [0.29, 0.717) is 12.4 Å². The van der Waals surface area contributed by atoms with E-state index in [-0.39, 0.29) is 51.4 Å². The Hall–Kier alpha value is 0.511. The molecule has 0 aromatic heterocycles. The minimum atomic E-state index is -4.93. The fraction of sp³-hybridized carbons (Fsp3) is 0.400. The van der Waals surface area contributed by atoms with E-state index < -0.39 is 12.4 Å². The molecule has 0 amide bonds. The van der Waals surface area contributed by atoms with Crippen molar-refractivity contribution in [1.29, 1.82) is 0 Å². The van der Waals surface area contributed by atoms with Crippen molar-refractivity contribution in [3.63, 3.8) is 0 Å². The van der Waals surface area contributed by atoms with Gasteiger partial charge in [-0.25, -0.2) is 0 Å². The molecule has 0 bridgehead atoms. The Morgan fingerprint density at radius 1 is 1.25 bits per heavy atom. The molecule has 0 unspecified atom stereocenters. The molecule has 0 spiro atoms. The van der Waals surface area contributed by atoms with E-state index in [1.54, 1.807) is 6.07 Å². The fourth-order valence-electron chi connectivity index (χ4n) is 1.14. The van der Waals surface area contributed by atoms with Crippen molar-refractivity contribution in [2.75, 3.05) is 6.61 Å². The van der Waals surface area contributed by atoms with Crippen LogP contribution in [0.25, 0.3) is 0 Å². The van der Waals surface area contributed by atoms with E-state index in [9.17, 15) is 12.9 Å². The summed E-state index contributed by atoms with van der Waals surface area (Å²) in [5.74, 6) is 0.292. The molecular weight excluding hydrogens is 243 g/mol. The number of rotatable bonds is 5. The molecule has 0 saturated carbocycles. The van der Waals surface area contributed by atoms with E-state index in [1.165, 1.54) is 6.07 Å². The number of hydrogen-bond donors (Lipinski definition) is 0. The average Bonchev–Trinajstić information content (AvgIpc) is 2.17. The predicted octanol–water partition coefficient (Wildman–Crippen LogP) is -0.0761. The van der Waals surface area contributed by atoms with Gasteiger partial charge in [-0.05, 0) is 18.6 Å². The van der Waals surface area contributed by atoms with Crippen LogP contribution in [0.2, 0.25) is 0 Å². The van der Waals surface area contributed by atoms with Crippen molar-refractivity contribution in [2.45, 2.75) is 19.8 Å². The topological polar surface area (TPSA) is 9.23 Å². The molecule has 1 aromatic rings. The van der Waals surface area contributed by atoms with Crippen LogP contribution < -0.4 is 61.6 Å². The molecule has 0 saturated heterocycles. The zero-order chi connectivity index (χ0) is 11.3. The first-order valence-corrected chi connectivity index (χ1v) is 4.96. The van der Waals surface area contributed by atoms with Crippen molar-refractivity contribution in [3.8, 4) is 5.75 Å². The molecule has 0 atom stereocenters. The third-order valence-electron chi connectivity index (χ3n) is 2.00. The molecule has 0 aliphatic heterocycles. The van der Waals surface area contributed by atoms with Gasteiger partial charge in [0.2, 0.25) is 0 Å². The van der Waals surface area contributed by atoms with Gasteiger partial charge in [-0.1, -0.05) is 25.5 Å². The van der Waals surface area contributed by atoms with Gasteiger partial charge in [0.05, 0.1) is 6.61 Å². The third kappa shape index (κ3) is 5.72. The molecule has 16 heavy (non-hydrogen) atoms. The monoisotopic (exact) mass is 256 g/mol. The van der Waals surface area contributed by atoms with Gasteiger partial charge in [0.25, 0.3) is 0 Å². The minimum Gasteiger partial charge on any atom is -0.494 e. The standard InChI is InChI=1S/C10H13BF3O.K/c1-2-3-7-15-10-6-4-5-9(8-10)11(12,13)14;/h4-6,8H,2-3,7H2,1H3;/q-1;+1. The normalized spacial score (nSPS) is 10.8. The Balaban J connectivity index is 0.00000225. The Bertz CT molecular complexity index is 317. The number of halogens is 3. The Morgan fingerprint density at radius 3 is 2.50 bits per heavy atom. The molecule has 0 aliphatic rings. The first-order valence-electron chi connectivity index (χ1n) is 4.96. The molecule has 0 fully saturated rings. The van der Waals surface area contributed by atoms with E-state index in [1.807, 2.05) is 6.92 Å². The summed E-state index contributed by atoms with van der Waals surface area (Å²) in [6, 6.07) is 5.02. The van der Waals surface area contributed by atoms with Crippen LogP contribution in [-0.4, -0.2) is 13.6 Å². The van der Waals surface area contributed by atoms with Crippen molar-refractivity contribution < 1.29 is 69.1 Å². The second-order valence-corrected chi connectivity index (χ2v) is 3.35. The van der Waals surface area contributed by atoms with Gasteiger partial charge in [-0.15, -0.1) is 5.46 Å². The van der Waals surface area contributed by atoms with E-state index in [0.717, 1.165) is 25.0 Å². The Morgan fingerprint density at radius 2 is 1.94 bits per heavy atom. The molecule has 6 heteroatoms. The van der Waals surface area contributed by atoms with Gasteiger partial charge in [-0.2, -0.15) is 0 Å². The number of ether oxygens (including phenoxy) is 1. The summed E-state index contributed by atoms with van der Waals surface area (Å²) in [7, 11) is 0. The maximum Gasteiger partial charge on any atom is 1.00 e.